The summed E-state index contributed by atoms with van der Waals surface area (Å²) in [5, 5.41) is 16.7. The molecular weight excluding hydrogens is 902 g/mol. The number of hydrogen-bond acceptors (Lipinski definition) is 7. The van der Waals surface area contributed by atoms with Crippen molar-refractivity contribution in [2.45, 2.75) is 165 Å². The minimum atomic E-state index is -2.90. The predicted molar refractivity (Wildman–Crippen MR) is 285 cm³/mol. The molecule has 0 radical (unpaired) electrons. The SMILES string of the molecule is C=C(C[C@H](O)C[C@@H]1C[C@@H](O[Si](c2ccccc2)(c2ccccc2)C(C)(C)C)C[C@H](c2coc(CCl)n2)O1)C[C@H](CCO[Si](c1ccccc1)(c1ccccc1)C(C)(C)C)O[Si](CC)(CC)CC. The normalized spacial score (nSPS) is 18.4. The van der Waals surface area contributed by atoms with Crippen molar-refractivity contribution < 1.29 is 27.5 Å². The lowest BCUT2D eigenvalue weighted by atomic mass is 9.93. The van der Waals surface area contributed by atoms with Gasteiger partial charge in [0.05, 0.1) is 30.3 Å². The summed E-state index contributed by atoms with van der Waals surface area (Å²) in [5.74, 6) is 0.631. The Morgan fingerprint density at radius 1 is 0.731 bits per heavy atom. The molecule has 4 aromatic carbocycles. The molecule has 67 heavy (non-hydrogen) atoms. The molecule has 362 valence electrons. The molecule has 0 spiro atoms. The molecule has 5 atom stereocenters. The first-order valence-electron chi connectivity index (χ1n) is 24.7. The number of aliphatic hydroxyl groups excluding tert-OH is 1. The number of ether oxygens (including phenoxy) is 1. The lowest BCUT2D eigenvalue weighted by Gasteiger charge is -2.47. The number of alkyl halides is 1. The lowest BCUT2D eigenvalue weighted by molar-refractivity contribution is -0.108. The summed E-state index contributed by atoms with van der Waals surface area (Å²) >= 11 is 6.17. The van der Waals surface area contributed by atoms with E-state index in [1.807, 2.05) is 0 Å². The fourth-order valence-corrected chi connectivity index (χ4v) is 23.0. The molecule has 5 aromatic rings. The molecule has 1 fully saturated rings. The molecule has 7 nitrogen and oxygen atoms in total. The fraction of sp³-hybridized carbons (Fsp3) is 0.482. The van der Waals surface area contributed by atoms with Crippen LogP contribution < -0.4 is 20.7 Å². The summed E-state index contributed by atoms with van der Waals surface area (Å²) in [6.45, 7) is 25.9. The summed E-state index contributed by atoms with van der Waals surface area (Å²) in [5.41, 5.74) is 1.68. The van der Waals surface area contributed by atoms with E-state index in [9.17, 15) is 5.11 Å². The van der Waals surface area contributed by atoms with Crippen LogP contribution >= 0.6 is 11.6 Å². The van der Waals surface area contributed by atoms with E-state index < -0.39 is 31.1 Å². The molecule has 1 aromatic heterocycles. The first-order chi connectivity index (χ1) is 32.0. The van der Waals surface area contributed by atoms with Crippen molar-refractivity contribution in [3.05, 3.63) is 151 Å². The van der Waals surface area contributed by atoms with E-state index in [1.165, 1.54) is 20.7 Å². The van der Waals surface area contributed by atoms with Crippen molar-refractivity contribution >= 4 is 57.3 Å². The van der Waals surface area contributed by atoms with Crippen molar-refractivity contribution in [3.63, 3.8) is 0 Å². The number of halogens is 1. The molecule has 6 rings (SSSR count). The minimum Gasteiger partial charge on any atom is -0.447 e. The van der Waals surface area contributed by atoms with Crippen LogP contribution in [0.25, 0.3) is 0 Å². The van der Waals surface area contributed by atoms with Crippen LogP contribution in [0.4, 0.5) is 0 Å². The van der Waals surface area contributed by atoms with Crippen LogP contribution in [-0.2, 0) is 23.9 Å². The highest BCUT2D eigenvalue weighted by atomic mass is 35.5. The standard InChI is InChI=1S/C56H78ClNO6Si3/c1-11-65(12-2,13-3)63-45(34-35-61-66(55(5,6)7,48-26-18-14-19-27-48)49-28-20-15-21-29-49)37-43(4)36-44(59)38-46-39-47(40-53(62-46)52-42-60-54(41-57)58-52)64-67(56(8,9)10,50-30-22-16-23-31-50)51-32-24-17-25-33-51/h14-33,42,44-47,53,59H,4,11-13,34-41H2,1-3,5-10H3/t44-,45-,46+,47+,53+/m0/s1. The molecule has 0 unspecified atom stereocenters. The van der Waals surface area contributed by atoms with Crippen molar-refractivity contribution in [2.75, 3.05) is 6.61 Å². The van der Waals surface area contributed by atoms with Gasteiger partial charge in [-0.2, -0.15) is 0 Å². The smallest absolute Gasteiger partial charge is 0.261 e. The lowest BCUT2D eigenvalue weighted by Crippen LogP contribution is -2.68. The minimum absolute atomic E-state index is 0.0766. The van der Waals surface area contributed by atoms with Crippen molar-refractivity contribution in [2.24, 2.45) is 0 Å². The van der Waals surface area contributed by atoms with Crippen LogP contribution in [0, 0.1) is 0 Å². The number of benzene rings is 4. The topological polar surface area (TPSA) is 83.2 Å². The molecule has 2 heterocycles. The van der Waals surface area contributed by atoms with Crippen LogP contribution in [0.1, 0.15) is 119 Å². The van der Waals surface area contributed by atoms with Gasteiger partial charge in [0.1, 0.15) is 18.1 Å². The van der Waals surface area contributed by atoms with Gasteiger partial charge in [-0.1, -0.05) is 196 Å². The van der Waals surface area contributed by atoms with Crippen molar-refractivity contribution in [3.8, 4) is 0 Å². The van der Waals surface area contributed by atoms with Crippen LogP contribution in [0.2, 0.25) is 28.2 Å². The molecule has 1 N–H and O–H groups in total. The van der Waals surface area contributed by atoms with E-state index >= 15 is 0 Å². The predicted octanol–water partition coefficient (Wildman–Crippen LogP) is 12.0. The second kappa shape index (κ2) is 23.5. The third-order valence-corrected chi connectivity index (χ3v) is 29.3. The number of rotatable bonds is 23. The first kappa shape index (κ1) is 52.9. The Morgan fingerprint density at radius 2 is 1.21 bits per heavy atom. The number of aromatic nitrogens is 1. The summed E-state index contributed by atoms with van der Waals surface area (Å²) in [6.07, 6.45) is 3.54. The average Bonchev–Trinajstić information content (AvgIpc) is 3.81. The monoisotopic (exact) mass is 979 g/mol. The van der Waals surface area contributed by atoms with Gasteiger partial charge >= 0.3 is 0 Å². The van der Waals surface area contributed by atoms with E-state index in [1.54, 1.807) is 6.26 Å². The Kier molecular flexibility index (Phi) is 18.5. The van der Waals surface area contributed by atoms with E-state index in [2.05, 4.69) is 190 Å². The maximum Gasteiger partial charge on any atom is 0.261 e. The maximum absolute atomic E-state index is 12.0. The molecule has 11 heteroatoms. The fourth-order valence-electron chi connectivity index (χ4n) is 10.7. The van der Waals surface area contributed by atoms with Gasteiger partial charge in [0.2, 0.25) is 5.89 Å². The van der Waals surface area contributed by atoms with E-state index in [-0.39, 0.29) is 40.4 Å². The Labute approximate surface area is 411 Å². The Bertz CT molecular complexity index is 2160. The summed E-state index contributed by atoms with van der Waals surface area (Å²) in [4.78, 5) is 4.72. The molecular formula is C56H78ClNO6Si3. The zero-order valence-corrected chi connectivity index (χ0v) is 45.6. The maximum atomic E-state index is 12.0. The summed E-state index contributed by atoms with van der Waals surface area (Å²) in [6, 6.07) is 46.3. The van der Waals surface area contributed by atoms with Gasteiger partial charge < -0.3 is 27.5 Å². The van der Waals surface area contributed by atoms with Crippen molar-refractivity contribution in [1.82, 2.24) is 4.98 Å². The number of aliphatic hydroxyl groups is 1. The van der Waals surface area contributed by atoms with Gasteiger partial charge in [-0.15, -0.1) is 11.6 Å². The second-order valence-electron chi connectivity index (χ2n) is 20.8. The van der Waals surface area contributed by atoms with Gasteiger partial charge in [-0.3, -0.25) is 0 Å². The Hall–Kier alpha value is -3.43. The van der Waals surface area contributed by atoms with Gasteiger partial charge in [0, 0.05) is 13.0 Å². The molecule has 0 bridgehead atoms. The largest absolute Gasteiger partial charge is 0.447 e. The van der Waals surface area contributed by atoms with E-state index in [0.717, 1.165) is 30.1 Å². The van der Waals surface area contributed by atoms with Crippen LogP contribution in [0.3, 0.4) is 0 Å². The first-order valence-corrected chi connectivity index (χ1v) is 31.6. The average molecular weight is 981 g/mol. The number of oxazole rings is 1. The third kappa shape index (κ3) is 12.5. The van der Waals surface area contributed by atoms with Crippen LogP contribution in [-0.4, -0.2) is 66.1 Å². The zero-order chi connectivity index (χ0) is 48.3. The highest BCUT2D eigenvalue weighted by Crippen LogP contribution is 2.43. The molecule has 1 aliphatic rings. The van der Waals surface area contributed by atoms with Gasteiger partial charge in [-0.05, 0) is 81.1 Å². The number of hydrogen-bond donors (Lipinski definition) is 1. The van der Waals surface area contributed by atoms with E-state index in [0.29, 0.717) is 50.3 Å². The highest BCUT2D eigenvalue weighted by Gasteiger charge is 2.53. The van der Waals surface area contributed by atoms with E-state index in [4.69, 9.17) is 39.0 Å². The van der Waals surface area contributed by atoms with Crippen LogP contribution in [0.15, 0.2) is 144 Å². The zero-order valence-electron chi connectivity index (χ0n) is 41.8. The van der Waals surface area contributed by atoms with Gasteiger partial charge in [0.25, 0.3) is 16.6 Å². The summed E-state index contributed by atoms with van der Waals surface area (Å²) < 4.78 is 35.0. The molecule has 1 saturated heterocycles. The quantitative estimate of drug-likeness (QED) is 0.0397. The molecule has 1 aliphatic heterocycles. The molecule has 0 aliphatic carbocycles. The van der Waals surface area contributed by atoms with Gasteiger partial charge in [0.15, 0.2) is 8.32 Å². The number of nitrogens with zero attached hydrogens (tertiary/aromatic N) is 1. The van der Waals surface area contributed by atoms with Gasteiger partial charge in [-0.25, -0.2) is 4.98 Å². The highest BCUT2D eigenvalue weighted by molar-refractivity contribution is 7.00. The Balaban J connectivity index is 1.22. The molecule has 0 amide bonds. The third-order valence-electron chi connectivity index (χ3n) is 14.2. The summed E-state index contributed by atoms with van der Waals surface area (Å²) in [7, 11) is -7.65. The Morgan fingerprint density at radius 3 is 1.64 bits per heavy atom. The molecule has 0 saturated carbocycles. The van der Waals surface area contributed by atoms with Crippen molar-refractivity contribution in [1.29, 1.82) is 0 Å². The second-order valence-corrected chi connectivity index (χ2v) is 34.3. The van der Waals surface area contributed by atoms with Crippen LogP contribution in [0.5, 0.6) is 0 Å².